The summed E-state index contributed by atoms with van der Waals surface area (Å²) in [6, 6.07) is 4.40. The molecule has 0 aliphatic carbocycles. The molecule has 1 N–H and O–H groups in total. The Morgan fingerprint density at radius 3 is 2.52 bits per heavy atom. The van der Waals surface area contributed by atoms with Gasteiger partial charge in [-0.15, -0.1) is 0 Å². The number of nitrogens with zero attached hydrogens (tertiary/aromatic N) is 1. The maximum Gasteiger partial charge on any atom is 0.255 e. The number of rotatable bonds is 4. The molecule has 156 valence electrons. The molecule has 3 rings (SSSR count). The van der Waals surface area contributed by atoms with E-state index in [1.165, 1.54) is 16.4 Å². The van der Waals surface area contributed by atoms with Gasteiger partial charge < -0.3 is 5.32 Å². The maximum absolute atomic E-state index is 13.8. The number of carbonyl (C=O) groups excluding carboxylic acids is 1. The molecular formula is C19H18ClF3N2O3S. The van der Waals surface area contributed by atoms with Gasteiger partial charge in [-0.1, -0.05) is 18.5 Å². The van der Waals surface area contributed by atoms with E-state index in [9.17, 15) is 26.4 Å². The van der Waals surface area contributed by atoms with Crippen molar-refractivity contribution in [1.29, 1.82) is 0 Å². The van der Waals surface area contributed by atoms with Crippen LogP contribution >= 0.6 is 11.6 Å². The number of benzene rings is 2. The van der Waals surface area contributed by atoms with Crippen LogP contribution in [0.1, 0.15) is 30.1 Å². The number of piperidine rings is 1. The smallest absolute Gasteiger partial charge is 0.255 e. The highest BCUT2D eigenvalue weighted by Crippen LogP contribution is 2.29. The van der Waals surface area contributed by atoms with Crippen molar-refractivity contribution in [3.05, 3.63) is 58.4 Å². The highest BCUT2D eigenvalue weighted by molar-refractivity contribution is 7.89. The van der Waals surface area contributed by atoms with Crippen molar-refractivity contribution in [2.75, 3.05) is 18.4 Å². The van der Waals surface area contributed by atoms with Crippen LogP contribution in [0.4, 0.5) is 18.9 Å². The Morgan fingerprint density at radius 2 is 1.83 bits per heavy atom. The molecule has 2 aromatic carbocycles. The molecule has 1 atom stereocenters. The van der Waals surface area contributed by atoms with Crippen LogP contribution in [-0.2, 0) is 10.0 Å². The van der Waals surface area contributed by atoms with Gasteiger partial charge in [0, 0.05) is 30.8 Å². The van der Waals surface area contributed by atoms with Crippen molar-refractivity contribution in [2.45, 2.75) is 24.7 Å². The Hall–Kier alpha value is -2.10. The first-order valence-corrected chi connectivity index (χ1v) is 10.7. The normalized spacial score (nSPS) is 17.9. The van der Waals surface area contributed by atoms with E-state index in [2.05, 4.69) is 5.32 Å². The van der Waals surface area contributed by atoms with Crippen molar-refractivity contribution in [3.8, 4) is 0 Å². The van der Waals surface area contributed by atoms with E-state index in [0.29, 0.717) is 31.6 Å². The Labute approximate surface area is 171 Å². The molecule has 1 fully saturated rings. The number of sulfonamides is 1. The number of carbonyl (C=O) groups is 1. The summed E-state index contributed by atoms with van der Waals surface area (Å²) in [6.07, 6.45) is 1.63. The maximum atomic E-state index is 13.8. The van der Waals surface area contributed by atoms with Gasteiger partial charge in [0.1, 0.15) is 10.7 Å². The molecule has 0 saturated carbocycles. The molecule has 2 aromatic rings. The van der Waals surface area contributed by atoms with E-state index in [1.807, 2.05) is 6.92 Å². The number of hydrogen-bond donors (Lipinski definition) is 1. The average Bonchev–Trinajstić information content (AvgIpc) is 2.66. The van der Waals surface area contributed by atoms with Gasteiger partial charge in [0.05, 0.1) is 10.7 Å². The van der Waals surface area contributed by atoms with E-state index >= 15 is 0 Å². The summed E-state index contributed by atoms with van der Waals surface area (Å²) in [7, 11) is -3.94. The lowest BCUT2D eigenvalue weighted by Gasteiger charge is -2.30. The van der Waals surface area contributed by atoms with E-state index in [4.69, 9.17) is 11.6 Å². The van der Waals surface area contributed by atoms with Crippen molar-refractivity contribution in [1.82, 2.24) is 4.31 Å². The van der Waals surface area contributed by atoms with Crippen LogP contribution in [0.5, 0.6) is 0 Å². The van der Waals surface area contributed by atoms with E-state index in [0.717, 1.165) is 12.5 Å². The second-order valence-corrected chi connectivity index (χ2v) is 9.27. The fourth-order valence-electron chi connectivity index (χ4n) is 3.16. The quantitative estimate of drug-likeness (QED) is 0.706. The lowest BCUT2D eigenvalue weighted by atomic mass is 10.0. The molecule has 5 nitrogen and oxygen atoms in total. The Morgan fingerprint density at radius 1 is 1.14 bits per heavy atom. The van der Waals surface area contributed by atoms with Crippen molar-refractivity contribution in [2.24, 2.45) is 5.92 Å². The summed E-state index contributed by atoms with van der Waals surface area (Å²) < 4.78 is 67.4. The summed E-state index contributed by atoms with van der Waals surface area (Å²) in [6.45, 7) is 2.64. The van der Waals surface area contributed by atoms with Crippen LogP contribution in [0.2, 0.25) is 5.02 Å². The second kappa shape index (κ2) is 8.33. The molecule has 0 radical (unpaired) electrons. The molecule has 1 aliphatic rings. The van der Waals surface area contributed by atoms with Gasteiger partial charge in [-0.05, 0) is 37.0 Å². The molecule has 0 spiro atoms. The predicted octanol–water partition coefficient (Wildman–Crippen LogP) is 4.43. The minimum Gasteiger partial charge on any atom is -0.319 e. The zero-order valence-corrected chi connectivity index (χ0v) is 17.0. The van der Waals surface area contributed by atoms with E-state index in [1.54, 1.807) is 0 Å². The Kier molecular flexibility index (Phi) is 6.21. The SMILES string of the molecule is CC1CCCN(S(=O)(=O)c2cc(C(=O)Nc3cc(F)c(F)cc3F)ccc2Cl)C1. The van der Waals surface area contributed by atoms with Gasteiger partial charge in [-0.3, -0.25) is 4.79 Å². The fourth-order valence-corrected chi connectivity index (χ4v) is 5.26. The van der Waals surface area contributed by atoms with Gasteiger partial charge in [0.2, 0.25) is 10.0 Å². The van der Waals surface area contributed by atoms with Crippen molar-refractivity contribution >= 4 is 33.2 Å². The van der Waals surface area contributed by atoms with Crippen LogP contribution in [0.25, 0.3) is 0 Å². The zero-order valence-electron chi connectivity index (χ0n) is 15.4. The summed E-state index contributed by atoms with van der Waals surface area (Å²) in [5, 5.41) is 2.05. The fraction of sp³-hybridized carbons (Fsp3) is 0.316. The van der Waals surface area contributed by atoms with Gasteiger partial charge >= 0.3 is 0 Å². The number of halogens is 4. The molecule has 1 aliphatic heterocycles. The van der Waals surface area contributed by atoms with Crippen LogP contribution in [-0.4, -0.2) is 31.7 Å². The van der Waals surface area contributed by atoms with Crippen LogP contribution in [0.15, 0.2) is 35.2 Å². The third-order valence-corrected chi connectivity index (χ3v) is 7.04. The summed E-state index contributed by atoms with van der Waals surface area (Å²) >= 11 is 6.08. The minimum atomic E-state index is -3.94. The van der Waals surface area contributed by atoms with Crippen molar-refractivity contribution < 1.29 is 26.4 Å². The first kappa shape index (κ1) is 21.6. The topological polar surface area (TPSA) is 66.5 Å². The molecule has 0 aromatic heterocycles. The highest BCUT2D eigenvalue weighted by Gasteiger charge is 2.31. The van der Waals surface area contributed by atoms with Gasteiger partial charge in [-0.2, -0.15) is 4.31 Å². The summed E-state index contributed by atoms with van der Waals surface area (Å²) in [5.74, 6) is -4.59. The number of nitrogens with one attached hydrogen (secondary N) is 1. The van der Waals surface area contributed by atoms with Crippen LogP contribution < -0.4 is 5.32 Å². The Bertz CT molecular complexity index is 1060. The molecule has 1 heterocycles. The summed E-state index contributed by atoms with van der Waals surface area (Å²) in [4.78, 5) is 12.2. The Balaban J connectivity index is 1.90. The van der Waals surface area contributed by atoms with E-state index in [-0.39, 0.29) is 21.4 Å². The van der Waals surface area contributed by atoms with E-state index < -0.39 is 39.1 Å². The predicted molar refractivity (Wildman–Crippen MR) is 103 cm³/mol. The first-order valence-electron chi connectivity index (χ1n) is 8.85. The number of amides is 1. The lowest BCUT2D eigenvalue weighted by Crippen LogP contribution is -2.39. The largest absolute Gasteiger partial charge is 0.319 e. The standard InChI is InChI=1S/C19H18ClF3N2O3S/c1-11-3-2-6-25(10-11)29(27,28)18-7-12(4-5-13(18)20)19(26)24-17-9-15(22)14(21)8-16(17)23/h4-5,7-9,11H,2-3,6,10H2,1H3,(H,24,26). The molecule has 1 unspecified atom stereocenters. The molecule has 1 amide bonds. The second-order valence-electron chi connectivity index (χ2n) is 6.96. The summed E-state index contributed by atoms with van der Waals surface area (Å²) in [5.41, 5.74) is -0.694. The van der Waals surface area contributed by atoms with Gasteiger partial charge in [-0.25, -0.2) is 21.6 Å². The molecular weight excluding hydrogens is 429 g/mol. The van der Waals surface area contributed by atoms with Gasteiger partial charge in [0.15, 0.2) is 11.6 Å². The molecule has 10 heteroatoms. The molecule has 29 heavy (non-hydrogen) atoms. The average molecular weight is 447 g/mol. The highest BCUT2D eigenvalue weighted by atomic mass is 35.5. The molecule has 0 bridgehead atoms. The first-order chi connectivity index (χ1) is 13.6. The lowest BCUT2D eigenvalue weighted by molar-refractivity contribution is 0.102. The number of anilines is 1. The van der Waals surface area contributed by atoms with Crippen LogP contribution in [0, 0.1) is 23.4 Å². The third-order valence-electron chi connectivity index (χ3n) is 4.69. The van der Waals surface area contributed by atoms with Crippen LogP contribution in [0.3, 0.4) is 0 Å². The third kappa shape index (κ3) is 4.57. The number of hydrogen-bond acceptors (Lipinski definition) is 3. The van der Waals surface area contributed by atoms with Gasteiger partial charge in [0.25, 0.3) is 5.91 Å². The van der Waals surface area contributed by atoms with Crippen molar-refractivity contribution in [3.63, 3.8) is 0 Å². The monoisotopic (exact) mass is 446 g/mol. The minimum absolute atomic E-state index is 0.0567. The molecule has 1 saturated heterocycles. The zero-order chi connectivity index (χ0) is 21.3.